The molecule has 6 heteroatoms. The van der Waals surface area contributed by atoms with Gasteiger partial charge < -0.3 is 4.90 Å². The minimum atomic E-state index is -0.551. The van der Waals surface area contributed by atoms with Crippen LogP contribution in [0.5, 0.6) is 0 Å². The van der Waals surface area contributed by atoms with Gasteiger partial charge in [0.15, 0.2) is 6.67 Å². The molecular weight excluding hydrogens is 319 g/mol. The third kappa shape index (κ3) is 2.85. The number of hydrogen-bond donors (Lipinski definition) is 1. The smallest absolute Gasteiger partial charge is 0.303 e. The molecular formula is C17H15ClFN2O2+. The van der Waals surface area contributed by atoms with Crippen molar-refractivity contribution in [3.63, 3.8) is 0 Å². The number of nitrogens with one attached hydrogen (secondary N) is 1. The summed E-state index contributed by atoms with van der Waals surface area (Å²) in [4.78, 5) is 26.4. The van der Waals surface area contributed by atoms with Crippen molar-refractivity contribution in [2.75, 3.05) is 18.6 Å². The highest BCUT2D eigenvalue weighted by atomic mass is 35.5. The monoisotopic (exact) mass is 333 g/mol. The van der Waals surface area contributed by atoms with E-state index in [-0.39, 0.29) is 12.5 Å². The molecule has 0 radical (unpaired) electrons. The SMILES string of the molecule is C[NH+](Cc1c(F)cccc1Cl)CN1C(=O)C(=O)c2ccccc21. The molecule has 0 spiro atoms. The summed E-state index contributed by atoms with van der Waals surface area (Å²) in [5.41, 5.74) is 1.41. The molecule has 1 heterocycles. The van der Waals surface area contributed by atoms with Gasteiger partial charge in [-0.3, -0.25) is 14.5 Å². The summed E-state index contributed by atoms with van der Waals surface area (Å²) < 4.78 is 13.9. The van der Waals surface area contributed by atoms with Crippen LogP contribution in [0.2, 0.25) is 5.02 Å². The first kappa shape index (κ1) is 15.6. The molecule has 0 bridgehead atoms. The van der Waals surface area contributed by atoms with E-state index >= 15 is 0 Å². The van der Waals surface area contributed by atoms with E-state index in [0.29, 0.717) is 28.4 Å². The molecule has 1 amide bonds. The first-order valence-electron chi connectivity index (χ1n) is 7.18. The van der Waals surface area contributed by atoms with E-state index in [1.807, 2.05) is 7.05 Å². The van der Waals surface area contributed by atoms with Crippen LogP contribution in [0.15, 0.2) is 42.5 Å². The number of carbonyl (C=O) groups excluding carboxylic acids is 2. The van der Waals surface area contributed by atoms with Crippen LogP contribution in [0.3, 0.4) is 0 Å². The Kier molecular flexibility index (Phi) is 4.15. The average molecular weight is 334 g/mol. The van der Waals surface area contributed by atoms with Crippen molar-refractivity contribution in [3.05, 3.63) is 64.4 Å². The molecule has 1 aliphatic rings. The Morgan fingerprint density at radius 3 is 2.61 bits per heavy atom. The van der Waals surface area contributed by atoms with Crippen molar-refractivity contribution in [2.24, 2.45) is 0 Å². The Balaban J connectivity index is 1.80. The highest BCUT2D eigenvalue weighted by Gasteiger charge is 2.37. The summed E-state index contributed by atoms with van der Waals surface area (Å²) in [6.07, 6.45) is 0. The molecule has 0 saturated heterocycles. The van der Waals surface area contributed by atoms with E-state index < -0.39 is 11.7 Å². The highest BCUT2D eigenvalue weighted by molar-refractivity contribution is 6.52. The molecule has 1 atom stereocenters. The molecule has 1 aliphatic heterocycles. The molecule has 2 aromatic rings. The summed E-state index contributed by atoms with van der Waals surface area (Å²) in [6, 6.07) is 11.4. The lowest BCUT2D eigenvalue weighted by Crippen LogP contribution is -3.09. The molecule has 2 aromatic carbocycles. The maximum atomic E-state index is 13.9. The predicted molar refractivity (Wildman–Crippen MR) is 85.1 cm³/mol. The lowest BCUT2D eigenvalue weighted by Gasteiger charge is -2.22. The molecule has 0 saturated carbocycles. The standard InChI is InChI=1S/C17H14ClFN2O2/c1-20(9-12-13(18)6-4-7-14(12)19)10-21-15-8-3-2-5-11(15)16(22)17(21)23/h2-8H,9-10H2,1H3/p+1. The first-order valence-corrected chi connectivity index (χ1v) is 7.56. The van der Waals surface area contributed by atoms with Crippen LogP contribution in [0, 0.1) is 5.82 Å². The van der Waals surface area contributed by atoms with Crippen molar-refractivity contribution < 1.29 is 18.9 Å². The third-order valence-electron chi connectivity index (χ3n) is 3.85. The van der Waals surface area contributed by atoms with Gasteiger partial charge in [0.25, 0.3) is 5.78 Å². The van der Waals surface area contributed by atoms with Gasteiger partial charge in [-0.15, -0.1) is 0 Å². The topological polar surface area (TPSA) is 41.8 Å². The van der Waals surface area contributed by atoms with E-state index in [1.54, 1.807) is 36.4 Å². The third-order valence-corrected chi connectivity index (χ3v) is 4.20. The normalized spacial score (nSPS) is 15.0. The molecule has 23 heavy (non-hydrogen) atoms. The van der Waals surface area contributed by atoms with Crippen LogP contribution in [-0.2, 0) is 11.3 Å². The maximum absolute atomic E-state index is 13.9. The first-order chi connectivity index (χ1) is 11.0. The molecule has 4 nitrogen and oxygen atoms in total. The number of benzene rings is 2. The minimum absolute atomic E-state index is 0.256. The second-order valence-corrected chi connectivity index (χ2v) is 5.98. The van der Waals surface area contributed by atoms with Crippen LogP contribution in [0.1, 0.15) is 15.9 Å². The van der Waals surface area contributed by atoms with Gasteiger partial charge in [0, 0.05) is 0 Å². The minimum Gasteiger partial charge on any atom is -0.316 e. The lowest BCUT2D eigenvalue weighted by molar-refractivity contribution is -0.892. The molecule has 3 rings (SSSR count). The van der Waals surface area contributed by atoms with Gasteiger partial charge in [-0.05, 0) is 24.3 Å². The summed E-state index contributed by atoms with van der Waals surface area (Å²) in [5, 5.41) is 0.355. The van der Waals surface area contributed by atoms with E-state index in [1.165, 1.54) is 11.0 Å². The number of fused-ring (bicyclic) bond motifs is 1. The average Bonchev–Trinajstić information content (AvgIpc) is 2.77. The Morgan fingerprint density at radius 1 is 1.13 bits per heavy atom. The quantitative estimate of drug-likeness (QED) is 0.865. The van der Waals surface area contributed by atoms with Gasteiger partial charge >= 0.3 is 5.91 Å². The number of Topliss-reactive ketones (excluding diaryl/α,β-unsaturated/α-hetero) is 1. The molecule has 1 unspecified atom stereocenters. The summed E-state index contributed by atoms with van der Waals surface area (Å²) >= 11 is 6.04. The van der Waals surface area contributed by atoms with Crippen molar-refractivity contribution in [2.45, 2.75) is 6.54 Å². The Bertz CT molecular complexity index is 774. The highest BCUT2D eigenvalue weighted by Crippen LogP contribution is 2.27. The fraction of sp³-hybridized carbons (Fsp3) is 0.176. The fourth-order valence-corrected chi connectivity index (χ4v) is 2.96. The predicted octanol–water partition coefficient (Wildman–Crippen LogP) is 1.68. The van der Waals surface area contributed by atoms with E-state index in [4.69, 9.17) is 11.6 Å². The number of quaternary nitrogens is 1. The molecule has 0 aromatic heterocycles. The van der Waals surface area contributed by atoms with Gasteiger partial charge in [0.05, 0.1) is 28.9 Å². The zero-order valence-corrected chi connectivity index (χ0v) is 13.2. The van der Waals surface area contributed by atoms with Crippen molar-refractivity contribution in [1.29, 1.82) is 0 Å². The fourth-order valence-electron chi connectivity index (χ4n) is 2.73. The molecule has 0 fully saturated rings. The van der Waals surface area contributed by atoms with Gasteiger partial charge in [0.1, 0.15) is 12.4 Å². The zero-order valence-electron chi connectivity index (χ0n) is 12.5. The van der Waals surface area contributed by atoms with Crippen LogP contribution >= 0.6 is 11.6 Å². The Labute approximate surface area is 138 Å². The summed E-state index contributed by atoms with van der Waals surface area (Å²) in [5.74, 6) is -1.43. The lowest BCUT2D eigenvalue weighted by atomic mass is 10.1. The van der Waals surface area contributed by atoms with Gasteiger partial charge in [-0.1, -0.05) is 29.8 Å². The second-order valence-electron chi connectivity index (χ2n) is 5.57. The van der Waals surface area contributed by atoms with Crippen LogP contribution in [0.25, 0.3) is 0 Å². The molecule has 0 aliphatic carbocycles. The van der Waals surface area contributed by atoms with Crippen molar-refractivity contribution in [1.82, 2.24) is 0 Å². The van der Waals surface area contributed by atoms with Crippen LogP contribution < -0.4 is 9.80 Å². The number of rotatable bonds is 4. The number of hydrogen-bond acceptors (Lipinski definition) is 2. The number of carbonyl (C=O) groups is 2. The summed E-state index contributed by atoms with van der Waals surface area (Å²) in [6.45, 7) is 0.567. The Hall–Kier alpha value is -2.24. The number of nitrogens with zero attached hydrogens (tertiary/aromatic N) is 1. The van der Waals surface area contributed by atoms with Crippen LogP contribution in [0.4, 0.5) is 10.1 Å². The summed E-state index contributed by atoms with van der Waals surface area (Å²) in [7, 11) is 1.82. The van der Waals surface area contributed by atoms with Crippen molar-refractivity contribution in [3.8, 4) is 0 Å². The van der Waals surface area contributed by atoms with Gasteiger partial charge in [-0.2, -0.15) is 0 Å². The van der Waals surface area contributed by atoms with E-state index in [2.05, 4.69) is 0 Å². The number of para-hydroxylation sites is 1. The van der Waals surface area contributed by atoms with E-state index in [9.17, 15) is 14.0 Å². The number of halogens is 2. The number of amides is 1. The Morgan fingerprint density at radius 2 is 1.87 bits per heavy atom. The van der Waals surface area contributed by atoms with Gasteiger partial charge in [-0.25, -0.2) is 4.39 Å². The molecule has 1 N–H and O–H groups in total. The van der Waals surface area contributed by atoms with Crippen LogP contribution in [-0.4, -0.2) is 25.4 Å². The number of anilines is 1. The zero-order chi connectivity index (χ0) is 16.6. The largest absolute Gasteiger partial charge is 0.316 e. The number of ketones is 1. The van der Waals surface area contributed by atoms with E-state index in [0.717, 1.165) is 4.90 Å². The van der Waals surface area contributed by atoms with Gasteiger partial charge in [0.2, 0.25) is 0 Å². The second kappa shape index (κ2) is 6.10. The maximum Gasteiger partial charge on any atom is 0.303 e. The molecule has 118 valence electrons. The van der Waals surface area contributed by atoms with Crippen molar-refractivity contribution >= 4 is 29.0 Å².